The number of aryl methyl sites for hydroxylation is 1. The molecule has 0 spiro atoms. The van der Waals surface area contributed by atoms with Gasteiger partial charge in [0.2, 0.25) is 0 Å². The maximum atomic E-state index is 6.26. The van der Waals surface area contributed by atoms with E-state index in [2.05, 4.69) is 53.2 Å². The number of aromatic nitrogens is 1. The summed E-state index contributed by atoms with van der Waals surface area (Å²) >= 11 is 6.26. The minimum atomic E-state index is 0.816. The van der Waals surface area contributed by atoms with Gasteiger partial charge in [-0.3, -0.25) is 0 Å². The van der Waals surface area contributed by atoms with E-state index in [1.54, 1.807) is 0 Å². The molecule has 0 aliphatic heterocycles. The molecule has 1 N–H and O–H groups in total. The van der Waals surface area contributed by atoms with Crippen molar-refractivity contribution in [1.82, 2.24) is 4.57 Å². The lowest BCUT2D eigenvalue weighted by molar-refractivity contribution is 0.757. The molecule has 0 fully saturated rings. The van der Waals surface area contributed by atoms with E-state index in [4.69, 9.17) is 11.6 Å². The highest BCUT2D eigenvalue weighted by Crippen LogP contribution is 2.25. The van der Waals surface area contributed by atoms with Crippen LogP contribution in [0.25, 0.3) is 10.9 Å². The van der Waals surface area contributed by atoms with Gasteiger partial charge in [-0.05, 0) is 24.6 Å². The van der Waals surface area contributed by atoms with Gasteiger partial charge in [-0.25, -0.2) is 0 Å². The molecule has 0 amide bonds. The van der Waals surface area contributed by atoms with Gasteiger partial charge in [0.15, 0.2) is 0 Å². The Morgan fingerprint density at radius 2 is 1.80 bits per heavy atom. The summed E-state index contributed by atoms with van der Waals surface area (Å²) in [4.78, 5) is 0. The molecular formula is C17H17ClN2. The van der Waals surface area contributed by atoms with Crippen LogP contribution in [-0.2, 0) is 6.54 Å². The van der Waals surface area contributed by atoms with Crippen LogP contribution in [0.5, 0.6) is 0 Å². The number of benzene rings is 2. The molecule has 0 aliphatic rings. The first-order valence-electron chi connectivity index (χ1n) is 6.78. The predicted octanol–water partition coefficient (Wildman–Crippen LogP) is 4.72. The van der Waals surface area contributed by atoms with Crippen molar-refractivity contribution in [2.24, 2.45) is 0 Å². The third kappa shape index (κ3) is 2.52. The zero-order valence-electron chi connectivity index (χ0n) is 11.4. The molecule has 3 aromatic rings. The molecule has 1 heterocycles. The van der Waals surface area contributed by atoms with Crippen LogP contribution in [0.2, 0.25) is 5.02 Å². The topological polar surface area (TPSA) is 17.0 Å². The number of anilines is 1. The second-order valence-corrected chi connectivity index (χ2v) is 5.34. The number of rotatable bonds is 4. The lowest BCUT2D eigenvalue weighted by Gasteiger charge is -2.10. The minimum Gasteiger partial charge on any atom is -0.383 e. The van der Waals surface area contributed by atoms with Crippen LogP contribution in [0.4, 0.5) is 5.69 Å². The lowest BCUT2D eigenvalue weighted by atomic mass is 10.2. The summed E-state index contributed by atoms with van der Waals surface area (Å²) < 4.78 is 2.20. The zero-order valence-corrected chi connectivity index (χ0v) is 12.2. The molecule has 3 heteroatoms. The summed E-state index contributed by atoms with van der Waals surface area (Å²) in [6, 6.07) is 16.6. The van der Waals surface area contributed by atoms with Crippen molar-refractivity contribution in [2.75, 3.05) is 11.9 Å². The maximum Gasteiger partial charge on any atom is 0.0661 e. The van der Waals surface area contributed by atoms with Crippen LogP contribution < -0.4 is 5.32 Å². The SMILES string of the molecule is Cc1ccccc1NCCn1cc(Cl)c2ccccc21. The summed E-state index contributed by atoms with van der Waals surface area (Å²) in [5, 5.41) is 5.40. The summed E-state index contributed by atoms with van der Waals surface area (Å²) in [5.41, 5.74) is 3.64. The first kappa shape index (κ1) is 13.1. The molecule has 0 bridgehead atoms. The largest absolute Gasteiger partial charge is 0.383 e. The van der Waals surface area contributed by atoms with Crippen LogP contribution in [0, 0.1) is 6.92 Å². The van der Waals surface area contributed by atoms with Crippen molar-refractivity contribution < 1.29 is 0 Å². The molecule has 0 atom stereocenters. The van der Waals surface area contributed by atoms with Crippen molar-refractivity contribution >= 4 is 28.2 Å². The number of halogens is 1. The van der Waals surface area contributed by atoms with Crippen LogP contribution in [-0.4, -0.2) is 11.1 Å². The van der Waals surface area contributed by atoms with E-state index in [1.807, 2.05) is 18.3 Å². The maximum absolute atomic E-state index is 6.26. The van der Waals surface area contributed by atoms with E-state index >= 15 is 0 Å². The van der Waals surface area contributed by atoms with Gasteiger partial charge in [-0.15, -0.1) is 0 Å². The Morgan fingerprint density at radius 3 is 2.65 bits per heavy atom. The van der Waals surface area contributed by atoms with Gasteiger partial charge in [-0.1, -0.05) is 48.0 Å². The fourth-order valence-electron chi connectivity index (χ4n) is 2.47. The monoisotopic (exact) mass is 284 g/mol. The third-order valence-corrected chi connectivity index (χ3v) is 3.85. The quantitative estimate of drug-likeness (QED) is 0.734. The van der Waals surface area contributed by atoms with E-state index in [1.165, 1.54) is 16.8 Å². The van der Waals surface area contributed by atoms with Gasteiger partial charge in [0.1, 0.15) is 0 Å². The molecule has 102 valence electrons. The molecular weight excluding hydrogens is 268 g/mol. The van der Waals surface area contributed by atoms with E-state index in [0.717, 1.165) is 23.5 Å². The van der Waals surface area contributed by atoms with Crippen molar-refractivity contribution in [3.05, 3.63) is 65.3 Å². The molecule has 0 aliphatic carbocycles. The number of para-hydroxylation sites is 2. The summed E-state index contributed by atoms with van der Waals surface area (Å²) in [7, 11) is 0. The van der Waals surface area contributed by atoms with E-state index in [-0.39, 0.29) is 0 Å². The normalized spacial score (nSPS) is 10.9. The van der Waals surface area contributed by atoms with Crippen molar-refractivity contribution in [2.45, 2.75) is 13.5 Å². The van der Waals surface area contributed by atoms with E-state index in [0.29, 0.717) is 0 Å². The molecule has 0 radical (unpaired) electrons. The number of hydrogen-bond donors (Lipinski definition) is 1. The molecule has 2 aromatic carbocycles. The highest BCUT2D eigenvalue weighted by Gasteiger charge is 2.05. The Bertz CT molecular complexity index is 731. The highest BCUT2D eigenvalue weighted by atomic mass is 35.5. The summed E-state index contributed by atoms with van der Waals surface area (Å²) in [6.07, 6.45) is 2.01. The van der Waals surface area contributed by atoms with Gasteiger partial charge in [0.05, 0.1) is 5.02 Å². The van der Waals surface area contributed by atoms with Gasteiger partial charge < -0.3 is 9.88 Å². The molecule has 20 heavy (non-hydrogen) atoms. The van der Waals surface area contributed by atoms with Gasteiger partial charge in [-0.2, -0.15) is 0 Å². The molecule has 1 aromatic heterocycles. The van der Waals surface area contributed by atoms with Crippen LogP contribution in [0.3, 0.4) is 0 Å². The number of fused-ring (bicyclic) bond motifs is 1. The third-order valence-electron chi connectivity index (χ3n) is 3.55. The average Bonchev–Trinajstić information content (AvgIpc) is 2.78. The summed E-state index contributed by atoms with van der Waals surface area (Å²) in [6.45, 7) is 3.88. The molecule has 2 nitrogen and oxygen atoms in total. The Morgan fingerprint density at radius 1 is 1.05 bits per heavy atom. The molecule has 3 rings (SSSR count). The average molecular weight is 285 g/mol. The first-order valence-corrected chi connectivity index (χ1v) is 7.16. The Balaban J connectivity index is 1.73. The van der Waals surface area contributed by atoms with Crippen LogP contribution in [0.1, 0.15) is 5.56 Å². The fourth-order valence-corrected chi connectivity index (χ4v) is 2.75. The Hall–Kier alpha value is -1.93. The standard InChI is InChI=1S/C17H17ClN2/c1-13-6-2-4-8-16(13)19-10-11-20-12-15(18)14-7-3-5-9-17(14)20/h2-9,12,19H,10-11H2,1H3. The van der Waals surface area contributed by atoms with Crippen LogP contribution >= 0.6 is 11.6 Å². The van der Waals surface area contributed by atoms with Crippen molar-refractivity contribution in [3.63, 3.8) is 0 Å². The second kappa shape index (κ2) is 5.59. The molecule has 0 saturated heterocycles. The predicted molar refractivity (Wildman–Crippen MR) is 86.6 cm³/mol. The second-order valence-electron chi connectivity index (χ2n) is 4.93. The first-order chi connectivity index (χ1) is 9.75. The smallest absolute Gasteiger partial charge is 0.0661 e. The van der Waals surface area contributed by atoms with Gasteiger partial charge in [0.25, 0.3) is 0 Å². The lowest BCUT2D eigenvalue weighted by Crippen LogP contribution is -2.10. The van der Waals surface area contributed by atoms with Crippen molar-refractivity contribution in [1.29, 1.82) is 0 Å². The summed E-state index contributed by atoms with van der Waals surface area (Å²) in [5.74, 6) is 0. The Kier molecular flexibility index (Phi) is 3.66. The minimum absolute atomic E-state index is 0.816. The van der Waals surface area contributed by atoms with Crippen molar-refractivity contribution in [3.8, 4) is 0 Å². The number of nitrogens with one attached hydrogen (secondary N) is 1. The number of nitrogens with zero attached hydrogens (tertiary/aromatic N) is 1. The van der Waals surface area contributed by atoms with E-state index in [9.17, 15) is 0 Å². The zero-order chi connectivity index (χ0) is 13.9. The van der Waals surface area contributed by atoms with Crippen LogP contribution in [0.15, 0.2) is 54.7 Å². The fraction of sp³-hybridized carbons (Fsp3) is 0.176. The van der Waals surface area contributed by atoms with Gasteiger partial charge >= 0.3 is 0 Å². The van der Waals surface area contributed by atoms with Gasteiger partial charge in [0, 0.05) is 35.9 Å². The highest BCUT2D eigenvalue weighted by molar-refractivity contribution is 6.35. The van der Waals surface area contributed by atoms with E-state index < -0.39 is 0 Å². The molecule has 0 saturated carbocycles. The molecule has 0 unspecified atom stereocenters. The number of hydrogen-bond acceptors (Lipinski definition) is 1. The Labute approximate surface area is 124 Å².